The average Bonchev–Trinajstić information content (AvgIpc) is 1.39. The van der Waals surface area contributed by atoms with E-state index in [0.717, 1.165) is 38.5 Å². The second-order valence-corrected chi connectivity index (χ2v) is 56.8. The Hall–Kier alpha value is -3.71. The Kier molecular flexibility index (Phi) is 26.4. The van der Waals surface area contributed by atoms with E-state index < -0.39 is 0 Å². The zero-order valence-electron chi connectivity index (χ0n) is 100. The van der Waals surface area contributed by atoms with Crippen LogP contribution in [0.1, 0.15) is 486 Å². The molecule has 11 fully saturated rings. The lowest BCUT2D eigenvalue weighted by atomic mass is 9.05. The van der Waals surface area contributed by atoms with Crippen LogP contribution in [0.25, 0.3) is 21.5 Å². The van der Waals surface area contributed by atoms with Crippen LogP contribution in [0.4, 0.5) is 0 Å². The maximum Gasteiger partial charge on any atom is 0.139 e. The molecule has 10 bridgehead atoms. The summed E-state index contributed by atoms with van der Waals surface area (Å²) in [6.45, 7) is 162. The number of rotatable bonds is 7. The van der Waals surface area contributed by atoms with E-state index >= 15 is 0 Å². The summed E-state index contributed by atoms with van der Waals surface area (Å²) in [6, 6.07) is 0. The van der Waals surface area contributed by atoms with Crippen LogP contribution in [0.5, 0.6) is 0 Å². The molecule has 742 valence electrons. The minimum atomic E-state index is 0.0671. The van der Waals surface area contributed by atoms with E-state index in [1.807, 2.05) is 0 Å². The first-order valence-corrected chi connectivity index (χ1v) is 53.9. The first kappa shape index (κ1) is 111. The fraction of sp³-hybridized carbons (Fsp3) is 0.792. The van der Waals surface area contributed by atoms with Crippen molar-refractivity contribution in [3.8, 4) is 0 Å². The van der Waals surface area contributed by atoms with Crippen LogP contribution in [0.3, 0.4) is 0 Å². The molecule has 11 saturated carbocycles. The highest BCUT2D eigenvalue weighted by Gasteiger charge is 3.05. The molecule has 0 N–H and O–H groups in total. The quantitative estimate of drug-likeness (QED) is 0.148. The molecule has 0 spiro atoms. The lowest BCUT2D eigenvalue weighted by Crippen LogP contribution is -2.94. The number of Topliss-reactive ketones (excluding diaryl/α,β-unsaturated/α-hetero) is 1. The number of hydrogen-bond acceptors (Lipinski definition) is 1. The molecule has 11 aliphatic rings. The van der Waals surface area contributed by atoms with E-state index in [1.54, 1.807) is 11.1 Å². The van der Waals surface area contributed by atoms with Gasteiger partial charge in [0.1, 0.15) is 5.78 Å². The fourth-order valence-corrected chi connectivity index (χ4v) is 44.1. The Morgan fingerprint density at radius 2 is 0.443 bits per heavy atom. The predicted octanol–water partition coefficient (Wildman–Crippen LogP) is 39.4. The molecule has 131 heavy (non-hydrogen) atoms. The number of benzene rings is 5. The Morgan fingerprint density at radius 1 is 0.206 bits per heavy atom. The van der Waals surface area contributed by atoms with Gasteiger partial charge in [-0.2, -0.15) is 0 Å². The molecule has 0 saturated heterocycles. The highest BCUT2D eigenvalue weighted by Crippen LogP contribution is 3.10. The van der Waals surface area contributed by atoms with Crippen LogP contribution in [-0.2, 0) is 24.1 Å². The van der Waals surface area contributed by atoms with Crippen molar-refractivity contribution in [1.29, 1.82) is 0 Å². The summed E-state index contributed by atoms with van der Waals surface area (Å²) in [6.07, 6.45) is 11.6. The zero-order valence-corrected chi connectivity index (χ0v) is 100. The average molecular weight is 1800 g/mol. The second-order valence-electron chi connectivity index (χ2n) is 56.8. The Bertz CT molecular complexity index is 5250. The van der Waals surface area contributed by atoms with E-state index in [2.05, 4.69) is 450 Å². The summed E-state index contributed by atoms with van der Waals surface area (Å²) in [5, 5.41) is 6.01. The first-order chi connectivity index (χ1) is 58.4. The van der Waals surface area contributed by atoms with Gasteiger partial charge in [0.15, 0.2) is 0 Å². The van der Waals surface area contributed by atoms with Gasteiger partial charge in [0.2, 0.25) is 0 Å². The van der Waals surface area contributed by atoms with Gasteiger partial charge in [-0.1, -0.05) is 318 Å². The van der Waals surface area contributed by atoms with Crippen LogP contribution >= 0.6 is 0 Å². The first-order valence-electron chi connectivity index (χ1n) is 53.9. The van der Waals surface area contributed by atoms with Gasteiger partial charge >= 0.3 is 0 Å². The lowest BCUT2D eigenvalue weighted by molar-refractivity contribution is -0.521. The van der Waals surface area contributed by atoms with Gasteiger partial charge in [0, 0.05) is 11.8 Å². The molecule has 0 radical (unpaired) electrons. The molecular weight excluding hydrogens is 1580 g/mol. The number of hydrogen-bond donors (Lipinski definition) is 0. The molecule has 0 heterocycles. The third-order valence-electron chi connectivity index (χ3n) is 57.3. The normalized spacial score (nSPS) is 35.9. The van der Waals surface area contributed by atoms with Gasteiger partial charge in [-0.15, -0.1) is 0 Å². The number of carbonyl (C=O) groups is 1. The molecule has 9 atom stereocenters. The summed E-state index contributed by atoms with van der Waals surface area (Å²) in [5.41, 5.74) is 39.9. The number of fused-ring (bicyclic) bond motifs is 13. The Balaban J connectivity index is 0.000000178. The van der Waals surface area contributed by atoms with E-state index in [4.69, 9.17) is 0 Å². The molecule has 0 amide bonds. The van der Waals surface area contributed by atoms with Crippen molar-refractivity contribution in [2.45, 2.75) is 514 Å². The second kappa shape index (κ2) is 31.1. The summed E-state index contributed by atoms with van der Waals surface area (Å²) in [5.74, 6) is 1.23. The van der Waals surface area contributed by atoms with Crippen molar-refractivity contribution in [3.63, 3.8) is 0 Å². The van der Waals surface area contributed by atoms with Crippen LogP contribution < -0.4 is 0 Å². The van der Waals surface area contributed by atoms with Gasteiger partial charge < -0.3 is 0 Å². The van der Waals surface area contributed by atoms with Crippen LogP contribution in [0.15, 0.2) is 0 Å². The van der Waals surface area contributed by atoms with Crippen LogP contribution in [0, 0.1) is 284 Å². The summed E-state index contributed by atoms with van der Waals surface area (Å²) < 4.78 is 0. The standard InChI is InChI=1S/C31H56.C27H50.2C19H26.C13H20.C11H18O.C10H20/c1-19-25(12)22(6,7)28(15)24(10,11)29(25,16)31(18)27(14)21(4,5)20(2,3)26(13,23(27,8)9)30(28,31)17;1-17-27-21(8,9)24(14)18(2,3)25(15,22(27,10)11)20(6,7)26(16,19(24,4)5)23(27,12)13;1-9-17-13(5)12(4)15(7)18-14(6)10(2)11(3)16(8)19(17)18;1-9-17-12(4)15(7)18-13(5)10(2)11(3)14(6)19(18)16(17)8;1-7-13-11(5)9(3)8(2)10(4)12(13)6;1-4-11-6-5-8(7-9(11)12)10(11,2)3;1-7-10(6)8(2,3)9(10,4)5/h19H2,1-18H3;17H2,1-16H3;2*9H2,1-8H3;7H2,1-6H3;8H,4-7H2,1-3H3;7H2,1-6H3. The zero-order chi connectivity index (χ0) is 103. The molecule has 11 aliphatic carbocycles. The van der Waals surface area contributed by atoms with Crippen molar-refractivity contribution in [3.05, 3.63) is 122 Å². The predicted molar refractivity (Wildman–Crippen MR) is 583 cm³/mol. The molecule has 16 rings (SSSR count). The van der Waals surface area contributed by atoms with Crippen LogP contribution in [0.2, 0.25) is 0 Å². The van der Waals surface area contributed by atoms with Gasteiger partial charge in [-0.3, -0.25) is 4.79 Å². The highest BCUT2D eigenvalue weighted by atomic mass is 16.1. The largest absolute Gasteiger partial charge is 0.299 e. The maximum absolute atomic E-state index is 11.8. The van der Waals surface area contributed by atoms with E-state index in [1.165, 1.54) is 158 Å². The van der Waals surface area contributed by atoms with Gasteiger partial charge in [-0.25, -0.2) is 0 Å². The molecule has 1 heteroatoms. The Morgan fingerprint density at radius 3 is 0.710 bits per heavy atom. The smallest absolute Gasteiger partial charge is 0.139 e. The summed E-state index contributed by atoms with van der Waals surface area (Å²) in [7, 11) is 0. The molecule has 0 aromatic heterocycles. The van der Waals surface area contributed by atoms with Gasteiger partial charge in [0.05, 0.1) is 0 Å². The lowest BCUT2D eigenvalue weighted by Gasteiger charge is -2.99. The van der Waals surface area contributed by atoms with Gasteiger partial charge in [-0.05, 0) is 480 Å². The van der Waals surface area contributed by atoms with Crippen molar-refractivity contribution in [2.24, 2.45) is 152 Å². The monoisotopic (exact) mass is 1790 g/mol. The number of aryl methyl sites for hydroxylation is 8. The molecule has 5 aromatic carbocycles. The van der Waals surface area contributed by atoms with Crippen molar-refractivity contribution in [2.75, 3.05) is 0 Å². The molecular formula is C130H216O. The van der Waals surface area contributed by atoms with Crippen LogP contribution in [-0.4, -0.2) is 5.78 Å². The highest BCUT2D eigenvalue weighted by molar-refractivity contribution is 5.98. The summed E-state index contributed by atoms with van der Waals surface area (Å²) >= 11 is 0. The third kappa shape index (κ3) is 10.8. The molecule has 9 unspecified atom stereocenters. The molecule has 0 aliphatic heterocycles. The van der Waals surface area contributed by atoms with Crippen molar-refractivity contribution < 1.29 is 4.79 Å². The molecule has 1 nitrogen and oxygen atoms in total. The number of carbonyl (C=O) groups excluding carboxylic acids is 1. The third-order valence-corrected chi connectivity index (χ3v) is 57.3. The van der Waals surface area contributed by atoms with Gasteiger partial charge in [0.25, 0.3) is 0 Å². The minimum Gasteiger partial charge on any atom is -0.299 e. The topological polar surface area (TPSA) is 17.1 Å². The van der Waals surface area contributed by atoms with E-state index in [0.29, 0.717) is 33.4 Å². The summed E-state index contributed by atoms with van der Waals surface area (Å²) in [4.78, 5) is 11.8. The minimum absolute atomic E-state index is 0.0671. The van der Waals surface area contributed by atoms with Crippen molar-refractivity contribution in [1.82, 2.24) is 0 Å². The molecule has 5 aromatic rings. The Labute approximate surface area is 815 Å². The number of ketones is 1. The van der Waals surface area contributed by atoms with E-state index in [-0.39, 0.29) is 125 Å². The fourth-order valence-electron chi connectivity index (χ4n) is 44.1. The van der Waals surface area contributed by atoms with Crippen molar-refractivity contribution >= 4 is 27.3 Å². The SMILES string of the molecule is CCC1(C)C(C)(C)C1(C)C.CCC1(C)C(C)(C)C2(C)C(C)(C)C1(C)C1(C)C3(C)C(C)(C)C(C)(C)C(C)(C3(C)C)C21C.CCC12C(C)(C)C3(C)C(C)(C)C(C)(C(C)(C)C(C)(C3(C)C)C1(C)C)C2(C)C.CCC12CCC(CC1=O)C2(C)C.CCc1c(C)c(C)c(C)c(C)c1C.CCc1c(C)c(C)c(C)c2c(C)c(C)c(C)c(C)c12.CCc1c(C)c(C)c2c(C)c(C)c(C)c(C)c2c1C. The maximum atomic E-state index is 11.8. The van der Waals surface area contributed by atoms with E-state index in [9.17, 15) is 4.79 Å².